The maximum atomic E-state index is 12.8. The summed E-state index contributed by atoms with van der Waals surface area (Å²) in [6, 6.07) is 10.9. The topological polar surface area (TPSA) is 80.2 Å². The molecular weight excluding hydrogens is 378 g/mol. The van der Waals surface area contributed by atoms with Crippen molar-refractivity contribution in [1.29, 1.82) is 0 Å². The molecule has 30 heavy (non-hydrogen) atoms. The minimum absolute atomic E-state index is 0.0247. The first kappa shape index (κ1) is 21.8. The second kappa shape index (κ2) is 10.8. The molecule has 2 N–H and O–H groups in total. The highest BCUT2D eigenvalue weighted by molar-refractivity contribution is 5.99. The zero-order valence-electron chi connectivity index (χ0n) is 17.7. The number of carbonyl (C=O) groups excluding carboxylic acids is 2. The van der Waals surface area contributed by atoms with E-state index >= 15 is 0 Å². The number of carbonyl (C=O) groups is 2. The van der Waals surface area contributed by atoms with Gasteiger partial charge in [-0.05, 0) is 30.4 Å². The number of amides is 2. The Bertz CT molecular complexity index is 915. The molecule has 160 valence electrons. The molecule has 0 saturated heterocycles. The largest absolute Gasteiger partial charge is 0.355 e. The fraction of sp³-hybridized carbons (Fsp3) is 0.458. The third-order valence-corrected chi connectivity index (χ3v) is 5.82. The van der Waals surface area contributed by atoms with E-state index in [2.05, 4.69) is 10.6 Å². The monoisotopic (exact) mass is 409 g/mol. The average Bonchev–Trinajstić information content (AvgIpc) is 2.78. The van der Waals surface area contributed by atoms with Gasteiger partial charge < -0.3 is 15.2 Å². The molecule has 1 fully saturated rings. The van der Waals surface area contributed by atoms with Crippen LogP contribution in [0.15, 0.2) is 47.4 Å². The first-order valence-corrected chi connectivity index (χ1v) is 10.9. The van der Waals surface area contributed by atoms with Gasteiger partial charge in [-0.1, -0.05) is 62.4 Å². The van der Waals surface area contributed by atoms with Crippen LogP contribution in [0.5, 0.6) is 0 Å². The molecule has 1 saturated carbocycles. The zero-order valence-corrected chi connectivity index (χ0v) is 17.7. The molecule has 3 rings (SSSR count). The number of nitrogens with zero attached hydrogens (tertiary/aromatic N) is 1. The van der Waals surface area contributed by atoms with Crippen LogP contribution >= 0.6 is 0 Å². The molecule has 0 aliphatic heterocycles. The molecule has 1 aromatic heterocycles. The van der Waals surface area contributed by atoms with Gasteiger partial charge in [-0.2, -0.15) is 0 Å². The van der Waals surface area contributed by atoms with E-state index in [0.29, 0.717) is 18.7 Å². The Morgan fingerprint density at radius 3 is 2.50 bits per heavy atom. The van der Waals surface area contributed by atoms with Crippen LogP contribution in [0.3, 0.4) is 0 Å². The lowest BCUT2D eigenvalue weighted by atomic mass is 9.86. The van der Waals surface area contributed by atoms with E-state index in [1.54, 1.807) is 0 Å². The Morgan fingerprint density at radius 2 is 1.80 bits per heavy atom. The predicted octanol–water partition coefficient (Wildman–Crippen LogP) is 3.35. The fourth-order valence-corrected chi connectivity index (χ4v) is 4.13. The molecule has 0 bridgehead atoms. The lowest BCUT2D eigenvalue weighted by Gasteiger charge is -2.21. The molecule has 1 aliphatic carbocycles. The number of rotatable bonds is 8. The van der Waals surface area contributed by atoms with Crippen LogP contribution in [0.4, 0.5) is 0 Å². The van der Waals surface area contributed by atoms with Crippen LogP contribution in [0.25, 0.3) is 0 Å². The Morgan fingerprint density at radius 1 is 1.07 bits per heavy atom. The third kappa shape index (κ3) is 5.81. The van der Waals surface area contributed by atoms with Crippen LogP contribution in [0.1, 0.15) is 71.2 Å². The summed E-state index contributed by atoms with van der Waals surface area (Å²) in [5.74, 6) is 0.0302. The number of hydrogen-bond acceptors (Lipinski definition) is 3. The fourth-order valence-electron chi connectivity index (χ4n) is 4.13. The van der Waals surface area contributed by atoms with Crippen LogP contribution in [0.2, 0.25) is 0 Å². The van der Waals surface area contributed by atoms with Gasteiger partial charge in [-0.3, -0.25) is 14.4 Å². The van der Waals surface area contributed by atoms with Gasteiger partial charge in [0.1, 0.15) is 5.56 Å². The van der Waals surface area contributed by atoms with Crippen LogP contribution < -0.4 is 16.2 Å². The van der Waals surface area contributed by atoms with Crippen molar-refractivity contribution >= 4 is 11.8 Å². The number of pyridine rings is 1. The summed E-state index contributed by atoms with van der Waals surface area (Å²) in [5, 5.41) is 5.43. The molecule has 0 radical (unpaired) electrons. The van der Waals surface area contributed by atoms with Gasteiger partial charge in [0.05, 0.1) is 12.1 Å². The van der Waals surface area contributed by atoms with Crippen LogP contribution in [-0.2, 0) is 6.54 Å². The van der Waals surface area contributed by atoms with E-state index in [9.17, 15) is 14.4 Å². The SMILES string of the molecule is CNC(=O)c1cc(C(=O)NCCCC2CCCCC2)cn(Cc2ccccc2)c1=O. The van der Waals surface area contributed by atoms with Crippen LogP contribution in [-0.4, -0.2) is 30.0 Å². The summed E-state index contributed by atoms with van der Waals surface area (Å²) in [6.45, 7) is 0.898. The smallest absolute Gasteiger partial charge is 0.263 e. The van der Waals surface area contributed by atoms with Crippen molar-refractivity contribution in [2.75, 3.05) is 13.6 Å². The van der Waals surface area contributed by atoms with E-state index in [1.807, 2.05) is 30.3 Å². The van der Waals surface area contributed by atoms with Crippen molar-refractivity contribution in [2.45, 2.75) is 51.5 Å². The van der Waals surface area contributed by atoms with Crippen molar-refractivity contribution in [2.24, 2.45) is 5.92 Å². The second-order valence-corrected chi connectivity index (χ2v) is 8.04. The molecule has 0 spiro atoms. The summed E-state index contributed by atoms with van der Waals surface area (Å²) in [4.78, 5) is 37.7. The zero-order chi connectivity index (χ0) is 21.3. The van der Waals surface area contributed by atoms with E-state index in [4.69, 9.17) is 0 Å². The minimum atomic E-state index is -0.492. The van der Waals surface area contributed by atoms with Gasteiger partial charge in [0.25, 0.3) is 17.4 Å². The Labute approximate surface area is 177 Å². The molecular formula is C24H31N3O3. The maximum Gasteiger partial charge on any atom is 0.263 e. The molecule has 6 heteroatoms. The minimum Gasteiger partial charge on any atom is -0.355 e. The normalized spacial score (nSPS) is 14.3. The van der Waals surface area contributed by atoms with Crippen molar-refractivity contribution < 1.29 is 9.59 Å². The van der Waals surface area contributed by atoms with Gasteiger partial charge in [0.15, 0.2) is 0 Å². The number of benzene rings is 1. The van der Waals surface area contributed by atoms with Crippen molar-refractivity contribution in [3.05, 3.63) is 69.6 Å². The summed E-state index contributed by atoms with van der Waals surface area (Å²) in [7, 11) is 1.47. The number of aromatic nitrogens is 1. The quantitative estimate of drug-likeness (QED) is 0.656. The average molecular weight is 410 g/mol. The van der Waals surface area contributed by atoms with Gasteiger partial charge in [0, 0.05) is 19.8 Å². The summed E-state index contributed by atoms with van der Waals surface area (Å²) >= 11 is 0. The number of nitrogens with one attached hydrogen (secondary N) is 2. The second-order valence-electron chi connectivity index (χ2n) is 8.04. The van der Waals surface area contributed by atoms with Gasteiger partial charge in [0.2, 0.25) is 0 Å². The first-order valence-electron chi connectivity index (χ1n) is 10.9. The van der Waals surface area contributed by atoms with Crippen molar-refractivity contribution in [3.63, 3.8) is 0 Å². The molecule has 6 nitrogen and oxygen atoms in total. The molecule has 0 atom stereocenters. The Balaban J connectivity index is 1.70. The maximum absolute atomic E-state index is 12.8. The Hall–Kier alpha value is -2.89. The lowest BCUT2D eigenvalue weighted by molar-refractivity contribution is 0.0951. The molecule has 1 heterocycles. The molecule has 2 amide bonds. The third-order valence-electron chi connectivity index (χ3n) is 5.82. The highest BCUT2D eigenvalue weighted by atomic mass is 16.2. The van der Waals surface area contributed by atoms with E-state index in [-0.39, 0.29) is 11.5 Å². The highest BCUT2D eigenvalue weighted by Crippen LogP contribution is 2.26. The summed E-state index contributed by atoms with van der Waals surface area (Å²) in [5.41, 5.74) is 0.810. The molecule has 0 unspecified atom stereocenters. The summed E-state index contributed by atoms with van der Waals surface area (Å²) < 4.78 is 1.43. The summed E-state index contributed by atoms with van der Waals surface area (Å²) in [6.07, 6.45) is 10.2. The van der Waals surface area contributed by atoms with E-state index in [0.717, 1.165) is 24.3 Å². The Kier molecular flexibility index (Phi) is 7.82. The molecule has 1 aromatic carbocycles. The van der Waals surface area contributed by atoms with Crippen LogP contribution in [0, 0.1) is 5.92 Å². The van der Waals surface area contributed by atoms with Gasteiger partial charge >= 0.3 is 0 Å². The van der Waals surface area contributed by atoms with E-state index < -0.39 is 11.5 Å². The highest BCUT2D eigenvalue weighted by Gasteiger charge is 2.17. The van der Waals surface area contributed by atoms with Crippen molar-refractivity contribution in [3.8, 4) is 0 Å². The number of hydrogen-bond donors (Lipinski definition) is 2. The lowest BCUT2D eigenvalue weighted by Crippen LogP contribution is -2.34. The molecule has 2 aromatic rings. The predicted molar refractivity (Wildman–Crippen MR) is 118 cm³/mol. The first-order chi connectivity index (χ1) is 14.6. The van der Waals surface area contributed by atoms with Gasteiger partial charge in [-0.15, -0.1) is 0 Å². The van der Waals surface area contributed by atoms with Crippen molar-refractivity contribution in [1.82, 2.24) is 15.2 Å². The molecule has 1 aliphatic rings. The van der Waals surface area contributed by atoms with E-state index in [1.165, 1.54) is 56.0 Å². The standard InChI is InChI=1S/C24H31N3O3/c1-25-23(29)21-15-20(17-27(24(21)30)16-19-11-6-3-7-12-19)22(28)26-14-8-13-18-9-4-2-5-10-18/h3,6-7,11-12,15,17-18H,2,4-5,8-10,13-14,16H2,1H3,(H,25,29)(H,26,28). The van der Waals surface area contributed by atoms with Gasteiger partial charge in [-0.25, -0.2) is 0 Å².